The highest BCUT2D eigenvalue weighted by Gasteiger charge is 1.05. The number of isocyanates is 6. The number of hydrogen-bond donors (Lipinski definition) is 6. The summed E-state index contributed by atoms with van der Waals surface area (Å²) in [5.41, 5.74) is 0. The van der Waals surface area contributed by atoms with Crippen LogP contribution in [0.2, 0.25) is 0 Å². The van der Waals surface area contributed by atoms with Gasteiger partial charge in [0.15, 0.2) is 0 Å². The molecule has 96 valence electrons. The first kappa shape index (κ1) is 36.7. The van der Waals surface area contributed by atoms with Crippen molar-refractivity contribution >= 4 is 36.5 Å². The largest absolute Gasteiger partial charge is 0.231 e. The zero-order valence-electron chi connectivity index (χ0n) is 8.45. The molecule has 0 aliphatic heterocycles. The Bertz CT molecular complexity index is 248. The Morgan fingerprint density at radius 3 is 0.333 bits per heavy atom. The van der Waals surface area contributed by atoms with Crippen molar-refractivity contribution in [3.05, 3.63) is 0 Å². The maximum absolute atomic E-state index is 8.35. The first-order valence-corrected chi connectivity index (χ1v) is 2.72. The third-order valence-corrected chi connectivity index (χ3v) is 0. The smallest absolute Gasteiger partial charge is 0.222 e. The van der Waals surface area contributed by atoms with Crippen molar-refractivity contribution in [2.75, 3.05) is 0 Å². The number of carbonyl (C=O) groups excluding carboxylic acids is 6. The first-order valence-electron chi connectivity index (χ1n) is 2.72. The lowest BCUT2D eigenvalue weighted by atomic mass is 11.7. The van der Waals surface area contributed by atoms with Crippen LogP contribution in [0.25, 0.3) is 0 Å². The number of hydrogen-bond acceptors (Lipinski definition) is 12. The standard InChI is InChI=1S/6CHNO/c6*2-1-3/h6*2H. The van der Waals surface area contributed by atoms with E-state index in [1.165, 1.54) is 0 Å². The van der Waals surface area contributed by atoms with Crippen LogP contribution in [0.4, 0.5) is 0 Å². The van der Waals surface area contributed by atoms with Gasteiger partial charge >= 0.3 is 0 Å². The Labute approximate surface area is 98.7 Å². The van der Waals surface area contributed by atoms with Crippen LogP contribution in [0, 0.1) is 32.5 Å². The van der Waals surface area contributed by atoms with Crippen LogP contribution < -0.4 is 0 Å². The van der Waals surface area contributed by atoms with Crippen molar-refractivity contribution in [2.45, 2.75) is 0 Å². The van der Waals surface area contributed by atoms with Crippen LogP contribution in [-0.4, -0.2) is 36.5 Å². The zero-order valence-corrected chi connectivity index (χ0v) is 8.45. The maximum atomic E-state index is 8.35. The van der Waals surface area contributed by atoms with Crippen LogP contribution in [-0.2, 0) is 28.8 Å². The molecule has 0 aromatic rings. The number of rotatable bonds is 0. The lowest BCUT2D eigenvalue weighted by Crippen LogP contribution is -1.16. The van der Waals surface area contributed by atoms with Crippen LogP contribution in [0.15, 0.2) is 0 Å². The summed E-state index contributed by atoms with van der Waals surface area (Å²) in [6.07, 6.45) is 4.50. The molecular formula is C6H6N6O6. The normalized spacial score (nSPS) is 2.67. The Hall–Kier alpha value is -3.72. The molecule has 0 aliphatic rings. The molecule has 0 radical (unpaired) electrons. The number of nitrogens with one attached hydrogen (secondary N) is 6. The highest BCUT2D eigenvalue weighted by Crippen LogP contribution is 0.882. The molecule has 0 saturated carbocycles. The van der Waals surface area contributed by atoms with Crippen LogP contribution in [0.1, 0.15) is 0 Å². The van der Waals surface area contributed by atoms with Crippen molar-refractivity contribution < 1.29 is 28.8 Å². The summed E-state index contributed by atoms with van der Waals surface area (Å²) in [6, 6.07) is 0. The van der Waals surface area contributed by atoms with E-state index in [-0.39, 0.29) is 0 Å². The molecule has 0 rings (SSSR count). The van der Waals surface area contributed by atoms with Crippen LogP contribution >= 0.6 is 0 Å². The first-order chi connectivity index (χ1) is 8.49. The second kappa shape index (κ2) is 385. The van der Waals surface area contributed by atoms with Gasteiger partial charge in [-0.25, -0.2) is 61.2 Å². The van der Waals surface area contributed by atoms with E-state index in [1.54, 1.807) is 0 Å². The van der Waals surface area contributed by atoms with Gasteiger partial charge in [-0.05, 0) is 0 Å². The van der Waals surface area contributed by atoms with E-state index in [2.05, 4.69) is 0 Å². The molecule has 0 aliphatic carbocycles. The van der Waals surface area contributed by atoms with Gasteiger partial charge in [0.2, 0.25) is 36.5 Å². The van der Waals surface area contributed by atoms with Gasteiger partial charge in [-0.2, -0.15) is 0 Å². The van der Waals surface area contributed by atoms with E-state index >= 15 is 0 Å². The summed E-state index contributed by atoms with van der Waals surface area (Å²) < 4.78 is 0. The Kier molecular flexibility index (Phi) is 786. The fourth-order valence-corrected chi connectivity index (χ4v) is 0. The SMILES string of the molecule is N=C=O.N=C=O.N=C=O.N=C=O.N=C=O.N=C=O. The molecule has 0 aromatic heterocycles. The maximum Gasteiger partial charge on any atom is 0.231 e. The van der Waals surface area contributed by atoms with Gasteiger partial charge in [0.05, 0.1) is 0 Å². The van der Waals surface area contributed by atoms with Crippen molar-refractivity contribution in [3.8, 4) is 0 Å². The molecule has 0 saturated heterocycles. The lowest BCUT2D eigenvalue weighted by molar-refractivity contribution is 0.562. The van der Waals surface area contributed by atoms with Crippen molar-refractivity contribution in [1.29, 1.82) is 32.5 Å². The Balaban J connectivity index is -0.0000000240. The summed E-state index contributed by atoms with van der Waals surface area (Å²) in [5.74, 6) is 0. The van der Waals surface area contributed by atoms with Crippen molar-refractivity contribution in [1.82, 2.24) is 0 Å². The zero-order chi connectivity index (χ0) is 16.2. The lowest BCUT2D eigenvalue weighted by Gasteiger charge is -1.02. The van der Waals surface area contributed by atoms with E-state index in [0.717, 1.165) is 36.5 Å². The fourth-order valence-electron chi connectivity index (χ4n) is 0. The topological polar surface area (TPSA) is 246 Å². The van der Waals surface area contributed by atoms with Gasteiger partial charge in [-0.15, -0.1) is 0 Å². The van der Waals surface area contributed by atoms with Gasteiger partial charge in [0, 0.05) is 0 Å². The van der Waals surface area contributed by atoms with Crippen molar-refractivity contribution in [2.24, 2.45) is 0 Å². The van der Waals surface area contributed by atoms with Gasteiger partial charge in [-0.1, -0.05) is 0 Å². The monoisotopic (exact) mass is 258 g/mol. The van der Waals surface area contributed by atoms with E-state index in [0.29, 0.717) is 0 Å². The molecule has 0 bridgehead atoms. The molecule has 0 aromatic carbocycles. The van der Waals surface area contributed by atoms with E-state index in [9.17, 15) is 0 Å². The van der Waals surface area contributed by atoms with E-state index < -0.39 is 0 Å². The molecule has 0 spiro atoms. The molecule has 18 heavy (non-hydrogen) atoms. The predicted octanol–water partition coefficient (Wildman–Crippen LogP) is -0.594. The second-order valence-electron chi connectivity index (χ2n) is 0.612. The molecule has 12 heteroatoms. The molecule has 6 N–H and O–H groups in total. The highest BCUT2D eigenvalue weighted by atomic mass is 16.1. The van der Waals surface area contributed by atoms with Gasteiger partial charge in [-0.3, -0.25) is 0 Å². The van der Waals surface area contributed by atoms with Gasteiger partial charge in [0.1, 0.15) is 0 Å². The molecule has 12 nitrogen and oxygen atoms in total. The molecule has 0 amide bonds. The fraction of sp³-hybridized carbons (Fsp3) is 0. The average molecular weight is 258 g/mol. The highest BCUT2D eigenvalue weighted by molar-refractivity contribution is 5.27. The van der Waals surface area contributed by atoms with E-state index in [4.69, 9.17) is 61.2 Å². The summed E-state index contributed by atoms with van der Waals surface area (Å²) in [4.78, 5) is 50.1. The molecular weight excluding hydrogens is 252 g/mol. The Morgan fingerprint density at radius 1 is 0.333 bits per heavy atom. The molecule has 0 unspecified atom stereocenters. The van der Waals surface area contributed by atoms with Crippen LogP contribution in [0.3, 0.4) is 0 Å². The predicted molar refractivity (Wildman–Crippen MR) is 50.5 cm³/mol. The third-order valence-electron chi connectivity index (χ3n) is 0. The average Bonchev–Trinajstić information content (AvgIpc) is 2.23. The van der Waals surface area contributed by atoms with Gasteiger partial charge < -0.3 is 0 Å². The summed E-state index contributed by atoms with van der Waals surface area (Å²) in [5, 5.41) is 32.4. The van der Waals surface area contributed by atoms with Gasteiger partial charge in [0.25, 0.3) is 0 Å². The third kappa shape index (κ3) is 113. The summed E-state index contributed by atoms with van der Waals surface area (Å²) in [7, 11) is 0. The minimum atomic E-state index is 0.750. The molecule has 0 atom stereocenters. The van der Waals surface area contributed by atoms with Crippen LogP contribution in [0.5, 0.6) is 0 Å². The quantitative estimate of drug-likeness (QED) is 0.244. The summed E-state index contributed by atoms with van der Waals surface area (Å²) in [6.45, 7) is 0. The van der Waals surface area contributed by atoms with Crippen molar-refractivity contribution in [3.63, 3.8) is 0 Å². The Morgan fingerprint density at radius 2 is 0.333 bits per heavy atom. The molecule has 0 heterocycles. The minimum absolute atomic E-state index is 0.750. The summed E-state index contributed by atoms with van der Waals surface area (Å²) >= 11 is 0. The molecule has 0 fully saturated rings. The van der Waals surface area contributed by atoms with E-state index in [1.807, 2.05) is 0 Å². The second-order valence-corrected chi connectivity index (χ2v) is 0.612. The minimum Gasteiger partial charge on any atom is -0.222 e.